The largest absolute Gasteiger partial charge is 0.500 e. The molecule has 0 bridgehead atoms. The van der Waals surface area contributed by atoms with Crippen molar-refractivity contribution < 1.29 is 30.2 Å². The summed E-state index contributed by atoms with van der Waals surface area (Å²) < 4.78 is 12.8. The molecule has 196 valence electrons. The van der Waals surface area contributed by atoms with Crippen LogP contribution in [0.25, 0.3) is 43.6 Å². The third kappa shape index (κ3) is 4.02. The Morgan fingerprint density at radius 1 is 0.750 bits per heavy atom. The third-order valence-corrected chi connectivity index (χ3v) is 7.02. The van der Waals surface area contributed by atoms with E-state index >= 15 is 0 Å². The van der Waals surface area contributed by atoms with Crippen molar-refractivity contribution in [1.29, 1.82) is 0 Å². The van der Waals surface area contributed by atoms with E-state index in [9.17, 15) is 0 Å². The van der Waals surface area contributed by atoms with E-state index in [4.69, 9.17) is 9.15 Å². The number of fused-ring (bicyclic) bond motifs is 7. The molecule has 6 heteroatoms. The monoisotopic (exact) mass is 697 g/mol. The number of rotatable bonds is 4. The number of furan rings is 1. The predicted molar refractivity (Wildman–Crippen MR) is 156 cm³/mol. The van der Waals surface area contributed by atoms with Gasteiger partial charge in [0.05, 0.1) is 11.3 Å². The van der Waals surface area contributed by atoms with E-state index in [1.807, 2.05) is 90.8 Å². The number of benzene rings is 5. The molecule has 1 aliphatic rings. The van der Waals surface area contributed by atoms with E-state index in [0.717, 1.165) is 49.4 Å². The van der Waals surface area contributed by atoms with Crippen molar-refractivity contribution in [3.05, 3.63) is 134 Å². The minimum Gasteiger partial charge on any atom is -0.500 e. The quantitative estimate of drug-likeness (QED) is 0.136. The van der Waals surface area contributed by atoms with Crippen molar-refractivity contribution >= 4 is 55.0 Å². The average molecular weight is 698 g/mol. The van der Waals surface area contributed by atoms with Crippen LogP contribution in [0.2, 0.25) is 0 Å². The van der Waals surface area contributed by atoms with E-state index < -0.39 is 0 Å². The molecule has 8 rings (SSSR count). The summed E-state index contributed by atoms with van der Waals surface area (Å²) in [6.07, 6.45) is 5.83. The molecule has 0 fully saturated rings. The van der Waals surface area contributed by atoms with E-state index in [-0.39, 0.29) is 21.1 Å². The second-order valence-corrected chi connectivity index (χ2v) is 9.39. The molecule has 0 spiro atoms. The van der Waals surface area contributed by atoms with Crippen LogP contribution in [-0.4, -0.2) is 4.98 Å². The van der Waals surface area contributed by atoms with Gasteiger partial charge in [0.15, 0.2) is 0 Å². The van der Waals surface area contributed by atoms with Crippen LogP contribution in [0.3, 0.4) is 0 Å². The van der Waals surface area contributed by atoms with Crippen LogP contribution in [0.1, 0.15) is 0 Å². The zero-order valence-electron chi connectivity index (χ0n) is 21.0. The van der Waals surface area contributed by atoms with Gasteiger partial charge in [-0.25, -0.2) is 0 Å². The van der Waals surface area contributed by atoms with Gasteiger partial charge < -0.3 is 23.9 Å². The van der Waals surface area contributed by atoms with Crippen LogP contribution in [0.15, 0.2) is 120 Å². The van der Waals surface area contributed by atoms with E-state index in [1.54, 1.807) is 0 Å². The Hall–Kier alpha value is -4.60. The summed E-state index contributed by atoms with van der Waals surface area (Å²) in [5.74, 6) is 1.07. The van der Waals surface area contributed by atoms with Gasteiger partial charge in [0.1, 0.15) is 5.58 Å². The summed E-state index contributed by atoms with van der Waals surface area (Å²) in [6.45, 7) is 2.02. The number of aromatic nitrogens is 1. The summed E-state index contributed by atoms with van der Waals surface area (Å²) in [5, 5.41) is 5.00. The minimum absolute atomic E-state index is 0. The van der Waals surface area contributed by atoms with Gasteiger partial charge in [-0.05, 0) is 53.0 Å². The summed E-state index contributed by atoms with van der Waals surface area (Å²) >= 11 is 0. The Kier molecular flexibility index (Phi) is 6.02. The van der Waals surface area contributed by atoms with Crippen molar-refractivity contribution in [2.24, 2.45) is 0 Å². The molecule has 0 atom stereocenters. The van der Waals surface area contributed by atoms with Gasteiger partial charge in [-0.2, -0.15) is 6.07 Å². The maximum Gasteiger partial charge on any atom is 0.121 e. The predicted octanol–water partition coefficient (Wildman–Crippen LogP) is 8.59. The number of nitrogens with zero attached hydrogens (tertiary/aromatic N) is 3. The third-order valence-electron chi connectivity index (χ3n) is 7.02. The molecule has 1 aliphatic heterocycles. The molecule has 0 amide bonds. The summed E-state index contributed by atoms with van der Waals surface area (Å²) in [6, 6.07) is 39.2. The van der Waals surface area contributed by atoms with Crippen LogP contribution in [0, 0.1) is 18.8 Å². The van der Waals surface area contributed by atoms with Gasteiger partial charge in [-0.15, -0.1) is 35.9 Å². The topological polar surface area (TPSA) is 41.7 Å². The fraction of sp³-hybridized carbons (Fsp3) is 0. The number of ether oxygens (including phenoxy) is 1. The zero-order valence-corrected chi connectivity index (χ0v) is 23.3. The van der Waals surface area contributed by atoms with E-state index in [1.165, 1.54) is 0 Å². The van der Waals surface area contributed by atoms with Crippen LogP contribution in [0.5, 0.6) is 11.5 Å². The Balaban J connectivity index is 0.00000264. The Morgan fingerprint density at radius 3 is 2.52 bits per heavy atom. The second kappa shape index (κ2) is 9.85. The number of para-hydroxylation sites is 2. The van der Waals surface area contributed by atoms with Crippen LogP contribution in [0.4, 0.5) is 11.4 Å². The molecule has 5 nitrogen and oxygen atoms in total. The second-order valence-electron chi connectivity index (χ2n) is 9.39. The fourth-order valence-corrected chi connectivity index (χ4v) is 5.20. The van der Waals surface area contributed by atoms with Crippen molar-refractivity contribution in [2.75, 3.05) is 9.80 Å². The van der Waals surface area contributed by atoms with Gasteiger partial charge in [-0.1, -0.05) is 66.0 Å². The summed E-state index contributed by atoms with van der Waals surface area (Å²) in [7, 11) is 0. The molecule has 0 aliphatic carbocycles. The smallest absolute Gasteiger partial charge is 0.121 e. The van der Waals surface area contributed by atoms with Crippen LogP contribution < -0.4 is 14.5 Å². The number of hydrogen-bond acceptors (Lipinski definition) is 5. The first-order chi connectivity index (χ1) is 19.3. The maximum absolute atomic E-state index is 6.48. The molecule has 2 aromatic heterocycles. The van der Waals surface area contributed by atoms with Crippen molar-refractivity contribution in [1.82, 2.24) is 4.98 Å². The minimum atomic E-state index is 0. The number of pyridine rings is 1. The van der Waals surface area contributed by atoms with Crippen molar-refractivity contribution in [3.63, 3.8) is 0 Å². The van der Waals surface area contributed by atoms with Gasteiger partial charge in [0.25, 0.3) is 0 Å². The number of hydrogen-bond donors (Lipinski definition) is 0. The Labute approximate surface area is 245 Å². The first-order valence-electron chi connectivity index (χ1n) is 12.7. The molecule has 0 radical (unpaired) electrons. The standard InChI is InChI=1S/C34H20N3O2.Pt/c1-2-9-24(10-3-1)36-18-19-37(22-36)25-11-6-12-26(20-25)38-31-21-29-27(16-15-23-8-7-17-35-33(23)29)32-28-13-4-5-14-30(28)39-34(31)32;/h1-19,22H;/q-3;. The summed E-state index contributed by atoms with van der Waals surface area (Å²) in [4.78, 5) is 8.76. The molecular weight excluding hydrogens is 677 g/mol. The van der Waals surface area contributed by atoms with E-state index in [2.05, 4.69) is 58.4 Å². The van der Waals surface area contributed by atoms with E-state index in [0.29, 0.717) is 17.1 Å². The first-order valence-corrected chi connectivity index (χ1v) is 12.7. The molecule has 3 heterocycles. The average Bonchev–Trinajstić information content (AvgIpc) is 3.64. The van der Waals surface area contributed by atoms with Gasteiger partial charge >= 0.3 is 0 Å². The molecule has 7 aromatic rings. The molecular formula is C34H20N3O2Pt-3. The number of anilines is 2. The Bertz CT molecular complexity index is 2050. The fourth-order valence-electron chi connectivity index (χ4n) is 5.20. The van der Waals surface area contributed by atoms with Crippen LogP contribution >= 0.6 is 0 Å². The maximum atomic E-state index is 6.48. The van der Waals surface area contributed by atoms with Crippen LogP contribution in [-0.2, 0) is 21.1 Å². The molecule has 0 saturated heterocycles. The molecule has 40 heavy (non-hydrogen) atoms. The van der Waals surface area contributed by atoms with Crippen molar-refractivity contribution in [2.45, 2.75) is 0 Å². The van der Waals surface area contributed by atoms with Gasteiger partial charge in [0.2, 0.25) is 0 Å². The molecule has 0 saturated carbocycles. The Morgan fingerprint density at radius 2 is 1.60 bits per heavy atom. The molecule has 0 unspecified atom stereocenters. The van der Waals surface area contributed by atoms with Gasteiger partial charge in [-0.3, -0.25) is 0 Å². The summed E-state index contributed by atoms with van der Waals surface area (Å²) in [5.41, 5.74) is 4.27. The normalized spacial score (nSPS) is 13.0. The first kappa shape index (κ1) is 24.4. The SMILES string of the molecule is [Pt].[c-]1c(Oc2[c-]c3c(ccc4cccnc43)c3c2oc2ccccc23)cccc1N1C=CN(c2ccccc2)[CH-]1. The zero-order chi connectivity index (χ0) is 25.8. The van der Waals surface area contributed by atoms with Gasteiger partial charge in [0, 0.05) is 44.1 Å². The molecule has 5 aromatic carbocycles. The molecule has 0 N–H and O–H groups in total. The van der Waals surface area contributed by atoms with Crippen molar-refractivity contribution in [3.8, 4) is 11.5 Å².